The maximum atomic E-state index is 13.0. The van der Waals surface area contributed by atoms with Gasteiger partial charge in [0.2, 0.25) is 0 Å². The Labute approximate surface area is 183 Å². The third-order valence-corrected chi connectivity index (χ3v) is 8.13. The van der Waals surface area contributed by atoms with Crippen LogP contribution in [0.5, 0.6) is 0 Å². The summed E-state index contributed by atoms with van der Waals surface area (Å²) in [7, 11) is -3.68. The molecule has 0 unspecified atom stereocenters. The minimum Gasteiger partial charge on any atom is -0.472 e. The Bertz CT molecular complexity index is 1170. The van der Waals surface area contributed by atoms with Crippen molar-refractivity contribution in [2.45, 2.75) is 23.5 Å². The first kappa shape index (κ1) is 21.1. The molecule has 162 valence electrons. The third kappa shape index (κ3) is 4.64. The van der Waals surface area contributed by atoms with Crippen molar-refractivity contribution in [2.24, 2.45) is 0 Å². The molecule has 2 N–H and O–H groups in total. The van der Waals surface area contributed by atoms with Gasteiger partial charge in [-0.3, -0.25) is 13.9 Å². The molecule has 1 aliphatic heterocycles. The number of nitrogens with one attached hydrogen (secondary N) is 2. The molecule has 8 nitrogen and oxygen atoms in total. The number of aryl methyl sites for hydroxylation is 1. The van der Waals surface area contributed by atoms with Crippen LogP contribution >= 0.6 is 11.3 Å². The molecule has 3 aromatic rings. The van der Waals surface area contributed by atoms with Crippen LogP contribution in [0.2, 0.25) is 0 Å². The second-order valence-corrected chi connectivity index (χ2v) is 10.1. The Kier molecular flexibility index (Phi) is 6.10. The van der Waals surface area contributed by atoms with E-state index in [0.717, 1.165) is 17.5 Å². The van der Waals surface area contributed by atoms with Crippen LogP contribution in [0.15, 0.2) is 62.9 Å². The monoisotopic (exact) mass is 459 g/mol. The number of rotatable bonds is 6. The van der Waals surface area contributed by atoms with Crippen molar-refractivity contribution >= 4 is 44.5 Å². The van der Waals surface area contributed by atoms with Gasteiger partial charge in [0.25, 0.3) is 10.0 Å². The number of sulfonamides is 1. The molecular weight excluding hydrogens is 438 g/mol. The van der Waals surface area contributed by atoms with Gasteiger partial charge in [-0.15, -0.1) is 11.3 Å². The van der Waals surface area contributed by atoms with E-state index in [2.05, 4.69) is 10.6 Å². The van der Waals surface area contributed by atoms with Crippen LogP contribution in [0.1, 0.15) is 17.5 Å². The molecule has 1 aliphatic rings. The lowest BCUT2D eigenvalue weighted by Gasteiger charge is -2.30. The van der Waals surface area contributed by atoms with Gasteiger partial charge in [-0.25, -0.2) is 8.42 Å². The largest absolute Gasteiger partial charge is 0.472 e. The van der Waals surface area contributed by atoms with Crippen LogP contribution < -0.4 is 14.9 Å². The second-order valence-electron chi connectivity index (χ2n) is 7.05. The highest BCUT2D eigenvalue weighted by Gasteiger charge is 2.30. The molecule has 1 aromatic carbocycles. The van der Waals surface area contributed by atoms with E-state index in [4.69, 9.17) is 4.42 Å². The summed E-state index contributed by atoms with van der Waals surface area (Å²) in [6, 6.07) is 10.1. The van der Waals surface area contributed by atoms with Gasteiger partial charge in [-0.05, 0) is 60.0 Å². The number of carbonyl (C=O) groups excluding carboxylic acids is 2. The fourth-order valence-corrected chi connectivity index (χ4v) is 6.05. The van der Waals surface area contributed by atoms with Crippen molar-refractivity contribution in [1.82, 2.24) is 5.32 Å². The number of fused-ring (bicyclic) bond motifs is 1. The number of amides is 2. The number of hydrogen-bond donors (Lipinski definition) is 2. The molecule has 0 radical (unpaired) electrons. The van der Waals surface area contributed by atoms with E-state index in [-0.39, 0.29) is 4.21 Å². The van der Waals surface area contributed by atoms with Gasteiger partial charge in [0.05, 0.1) is 18.2 Å². The summed E-state index contributed by atoms with van der Waals surface area (Å²) in [5.41, 5.74) is 2.69. The SMILES string of the molecule is O=C(NCCc1ccoc1)C(=O)Nc1ccc2c(c1)N(S(=O)(=O)c1cccs1)CCC2. The van der Waals surface area contributed by atoms with E-state index in [1.807, 2.05) is 0 Å². The smallest absolute Gasteiger partial charge is 0.313 e. The molecule has 0 aliphatic carbocycles. The molecule has 3 heterocycles. The summed E-state index contributed by atoms with van der Waals surface area (Å²) in [4.78, 5) is 24.4. The Morgan fingerprint density at radius 2 is 2.03 bits per heavy atom. The zero-order chi connectivity index (χ0) is 21.8. The number of hydrogen-bond acceptors (Lipinski definition) is 6. The van der Waals surface area contributed by atoms with Gasteiger partial charge in [0.15, 0.2) is 0 Å². The lowest BCUT2D eigenvalue weighted by Crippen LogP contribution is -2.37. The molecule has 0 spiro atoms. The lowest BCUT2D eigenvalue weighted by atomic mass is 10.0. The van der Waals surface area contributed by atoms with Gasteiger partial charge in [0.1, 0.15) is 4.21 Å². The Morgan fingerprint density at radius 1 is 1.16 bits per heavy atom. The van der Waals surface area contributed by atoms with Gasteiger partial charge >= 0.3 is 11.8 Å². The fraction of sp³-hybridized carbons (Fsp3) is 0.238. The first-order valence-corrected chi connectivity index (χ1v) is 12.1. The molecule has 0 saturated carbocycles. The van der Waals surface area contributed by atoms with E-state index in [0.29, 0.717) is 37.3 Å². The molecule has 0 fully saturated rings. The Balaban J connectivity index is 1.45. The topological polar surface area (TPSA) is 109 Å². The number of anilines is 2. The van der Waals surface area contributed by atoms with Crippen molar-refractivity contribution in [3.05, 3.63) is 65.4 Å². The molecule has 2 aromatic heterocycles. The first-order valence-electron chi connectivity index (χ1n) is 9.74. The maximum absolute atomic E-state index is 13.0. The van der Waals surface area contributed by atoms with Crippen LogP contribution in [-0.4, -0.2) is 33.3 Å². The van der Waals surface area contributed by atoms with Crippen LogP contribution in [0, 0.1) is 0 Å². The van der Waals surface area contributed by atoms with Gasteiger partial charge in [0, 0.05) is 18.8 Å². The van der Waals surface area contributed by atoms with Crippen molar-refractivity contribution in [3.63, 3.8) is 0 Å². The van der Waals surface area contributed by atoms with E-state index in [1.54, 1.807) is 54.3 Å². The number of furan rings is 1. The molecule has 2 amide bonds. The highest BCUT2D eigenvalue weighted by Crippen LogP contribution is 2.35. The summed E-state index contributed by atoms with van der Waals surface area (Å²) in [5.74, 6) is -1.57. The van der Waals surface area contributed by atoms with Crippen LogP contribution in [-0.2, 0) is 32.5 Å². The van der Waals surface area contributed by atoms with E-state index in [9.17, 15) is 18.0 Å². The van der Waals surface area contributed by atoms with Gasteiger partial charge < -0.3 is 15.1 Å². The van der Waals surface area contributed by atoms with E-state index < -0.39 is 21.8 Å². The van der Waals surface area contributed by atoms with Crippen molar-refractivity contribution in [1.29, 1.82) is 0 Å². The highest BCUT2D eigenvalue weighted by molar-refractivity contribution is 7.94. The number of nitrogens with zero attached hydrogens (tertiary/aromatic N) is 1. The highest BCUT2D eigenvalue weighted by atomic mass is 32.2. The van der Waals surface area contributed by atoms with Gasteiger partial charge in [-0.2, -0.15) is 0 Å². The van der Waals surface area contributed by atoms with Crippen LogP contribution in [0.3, 0.4) is 0 Å². The summed E-state index contributed by atoms with van der Waals surface area (Å²) >= 11 is 1.17. The molecule has 10 heteroatoms. The predicted octanol–water partition coefficient (Wildman–Crippen LogP) is 2.78. The summed E-state index contributed by atoms with van der Waals surface area (Å²) in [6.07, 6.45) is 5.12. The average Bonchev–Trinajstić information content (AvgIpc) is 3.47. The van der Waals surface area contributed by atoms with E-state index >= 15 is 0 Å². The fourth-order valence-electron chi connectivity index (χ4n) is 3.41. The zero-order valence-corrected chi connectivity index (χ0v) is 18.2. The Morgan fingerprint density at radius 3 is 2.77 bits per heavy atom. The average molecular weight is 460 g/mol. The van der Waals surface area contributed by atoms with Crippen molar-refractivity contribution in [2.75, 3.05) is 22.7 Å². The molecule has 0 bridgehead atoms. The quantitative estimate of drug-likeness (QED) is 0.551. The van der Waals surface area contributed by atoms with Crippen LogP contribution in [0.4, 0.5) is 11.4 Å². The van der Waals surface area contributed by atoms with Crippen molar-refractivity contribution in [3.8, 4) is 0 Å². The molecule has 4 rings (SSSR count). The third-order valence-electron chi connectivity index (χ3n) is 4.94. The minimum absolute atomic E-state index is 0.270. The Hall–Kier alpha value is -3.11. The molecule has 0 saturated heterocycles. The van der Waals surface area contributed by atoms with Crippen molar-refractivity contribution < 1.29 is 22.4 Å². The molecule has 0 atom stereocenters. The first-order chi connectivity index (χ1) is 14.9. The molecule has 31 heavy (non-hydrogen) atoms. The summed E-state index contributed by atoms with van der Waals surface area (Å²) in [5, 5.41) is 6.83. The number of thiophene rings is 1. The standard InChI is InChI=1S/C21H21N3O5S2/c25-20(22-9-7-15-8-11-29-14-15)21(26)23-17-6-5-16-3-1-10-24(18(16)13-17)31(27,28)19-4-2-12-30-19/h2,4-6,8,11-14H,1,3,7,9-10H2,(H,22,25)(H,23,26). The number of benzene rings is 1. The summed E-state index contributed by atoms with van der Waals surface area (Å²) in [6.45, 7) is 0.655. The second kappa shape index (κ2) is 8.94. The lowest BCUT2D eigenvalue weighted by molar-refractivity contribution is -0.136. The predicted molar refractivity (Wildman–Crippen MR) is 118 cm³/mol. The zero-order valence-electron chi connectivity index (χ0n) is 16.5. The van der Waals surface area contributed by atoms with Gasteiger partial charge in [-0.1, -0.05) is 12.1 Å². The minimum atomic E-state index is -3.68. The summed E-state index contributed by atoms with van der Waals surface area (Å²) < 4.78 is 32.7. The normalized spacial score (nSPS) is 13.5. The maximum Gasteiger partial charge on any atom is 0.313 e. The molecular formula is C21H21N3O5S2. The number of carbonyl (C=O) groups is 2. The van der Waals surface area contributed by atoms with E-state index in [1.165, 1.54) is 15.6 Å². The van der Waals surface area contributed by atoms with Crippen LogP contribution in [0.25, 0.3) is 0 Å².